The highest BCUT2D eigenvalue weighted by Crippen LogP contribution is 2.28. The molecule has 24 heavy (non-hydrogen) atoms. The van der Waals surface area contributed by atoms with Crippen molar-refractivity contribution in [1.82, 2.24) is 0 Å². The number of fused-ring (bicyclic) bond motifs is 1. The molecule has 0 saturated carbocycles. The number of nitrogens with one attached hydrogen (secondary N) is 1. The Labute approximate surface area is 142 Å². The number of carbonyl (C=O) groups excluding carboxylic acids is 1. The predicted molar refractivity (Wildman–Crippen MR) is 94.7 cm³/mol. The van der Waals surface area contributed by atoms with Gasteiger partial charge >= 0.3 is 0 Å². The molecule has 3 aromatic rings. The van der Waals surface area contributed by atoms with E-state index in [0.717, 1.165) is 15.7 Å². The molecule has 0 radical (unpaired) electrons. The number of halogens is 2. The minimum Gasteiger partial charge on any atom is -0.325 e. The number of alkyl halides is 2. The minimum atomic E-state index is -2.50. The van der Waals surface area contributed by atoms with Crippen LogP contribution in [-0.2, 0) is 4.79 Å². The molecule has 1 amide bonds. The second kappa shape index (κ2) is 7.45. The zero-order chi connectivity index (χ0) is 16.9. The number of amides is 1. The van der Waals surface area contributed by atoms with Gasteiger partial charge in [-0.2, -0.15) is 0 Å². The number of benzene rings is 3. The van der Waals surface area contributed by atoms with Crippen LogP contribution in [0.4, 0.5) is 14.5 Å². The quantitative estimate of drug-likeness (QED) is 0.619. The monoisotopic (exact) mass is 343 g/mol. The highest BCUT2D eigenvalue weighted by Gasteiger charge is 2.08. The fraction of sp³-hybridized carbons (Fsp3) is 0.105. The lowest BCUT2D eigenvalue weighted by Gasteiger charge is -2.08. The first-order valence-electron chi connectivity index (χ1n) is 7.42. The lowest BCUT2D eigenvalue weighted by Crippen LogP contribution is -2.13. The summed E-state index contributed by atoms with van der Waals surface area (Å²) in [5.74, 6) is 0.0858. The molecule has 0 unspecified atom stereocenters. The molecule has 0 aliphatic heterocycles. The Morgan fingerprint density at radius 2 is 1.67 bits per heavy atom. The van der Waals surface area contributed by atoms with Gasteiger partial charge in [-0.1, -0.05) is 48.5 Å². The molecule has 0 aliphatic carbocycles. The summed E-state index contributed by atoms with van der Waals surface area (Å²) in [6.45, 7) is 0. The highest BCUT2D eigenvalue weighted by molar-refractivity contribution is 8.00. The molecule has 0 aliphatic rings. The third-order valence-corrected chi connectivity index (χ3v) is 4.63. The summed E-state index contributed by atoms with van der Waals surface area (Å²) >= 11 is 1.45. The topological polar surface area (TPSA) is 29.1 Å². The van der Waals surface area contributed by atoms with E-state index in [1.165, 1.54) is 36.0 Å². The van der Waals surface area contributed by atoms with E-state index in [1.807, 2.05) is 42.5 Å². The van der Waals surface area contributed by atoms with Crippen LogP contribution >= 0.6 is 11.8 Å². The third-order valence-electron chi connectivity index (χ3n) is 3.55. The molecule has 122 valence electrons. The van der Waals surface area contributed by atoms with E-state index in [-0.39, 0.29) is 17.2 Å². The van der Waals surface area contributed by atoms with E-state index in [2.05, 4.69) is 5.32 Å². The molecule has 0 atom stereocenters. The molecule has 3 aromatic carbocycles. The first kappa shape index (κ1) is 16.5. The Hall–Kier alpha value is -2.40. The van der Waals surface area contributed by atoms with E-state index in [0.29, 0.717) is 5.69 Å². The smallest absolute Gasteiger partial charge is 0.263 e. The first-order valence-corrected chi connectivity index (χ1v) is 8.40. The van der Waals surface area contributed by atoms with Crippen LogP contribution in [0.2, 0.25) is 0 Å². The molecular weight excluding hydrogens is 328 g/mol. The van der Waals surface area contributed by atoms with Crippen molar-refractivity contribution in [3.05, 3.63) is 72.3 Å². The molecular formula is C19H15F2NOS. The van der Waals surface area contributed by atoms with E-state index >= 15 is 0 Å². The third kappa shape index (κ3) is 3.92. The summed E-state index contributed by atoms with van der Waals surface area (Å²) in [5, 5.41) is 4.96. The van der Waals surface area contributed by atoms with Crippen molar-refractivity contribution in [3.8, 4) is 0 Å². The summed E-state index contributed by atoms with van der Waals surface area (Å²) in [4.78, 5) is 13.1. The lowest BCUT2D eigenvalue weighted by atomic mass is 10.1. The molecule has 1 N–H and O–H groups in total. The standard InChI is InChI=1S/C19H15F2NOS/c20-19(21)14-8-10-15(11-9-14)22-18(23)12-24-17-7-3-5-13-4-1-2-6-16(13)17/h1-11,19H,12H2,(H,22,23). The van der Waals surface area contributed by atoms with Gasteiger partial charge in [-0.15, -0.1) is 11.8 Å². The van der Waals surface area contributed by atoms with Gasteiger partial charge in [0.25, 0.3) is 6.43 Å². The summed E-state index contributed by atoms with van der Waals surface area (Å²) in [6.07, 6.45) is -2.50. The van der Waals surface area contributed by atoms with Crippen molar-refractivity contribution in [2.24, 2.45) is 0 Å². The molecule has 0 aromatic heterocycles. The van der Waals surface area contributed by atoms with Crippen LogP contribution in [0.15, 0.2) is 71.6 Å². The summed E-state index contributed by atoms with van der Waals surface area (Å²) in [7, 11) is 0. The maximum Gasteiger partial charge on any atom is 0.263 e. The zero-order valence-electron chi connectivity index (χ0n) is 12.7. The maximum atomic E-state index is 12.5. The second-order valence-electron chi connectivity index (χ2n) is 5.24. The molecule has 0 spiro atoms. The average Bonchev–Trinajstić information content (AvgIpc) is 2.60. The zero-order valence-corrected chi connectivity index (χ0v) is 13.5. The number of carbonyl (C=O) groups is 1. The normalized spacial score (nSPS) is 11.0. The fourth-order valence-corrected chi connectivity index (χ4v) is 3.25. The van der Waals surface area contributed by atoms with E-state index in [4.69, 9.17) is 0 Å². The number of hydrogen-bond donors (Lipinski definition) is 1. The molecule has 0 bridgehead atoms. The summed E-state index contributed by atoms with van der Waals surface area (Å²) < 4.78 is 25.0. The number of rotatable bonds is 5. The van der Waals surface area contributed by atoms with Crippen molar-refractivity contribution >= 4 is 34.1 Å². The molecule has 5 heteroatoms. The Morgan fingerprint density at radius 1 is 0.958 bits per heavy atom. The van der Waals surface area contributed by atoms with Crippen LogP contribution in [0, 0.1) is 0 Å². The van der Waals surface area contributed by atoms with Gasteiger partial charge in [0.2, 0.25) is 5.91 Å². The second-order valence-corrected chi connectivity index (χ2v) is 6.25. The number of hydrogen-bond acceptors (Lipinski definition) is 2. The van der Waals surface area contributed by atoms with Crippen LogP contribution < -0.4 is 5.32 Å². The summed E-state index contributed by atoms with van der Waals surface area (Å²) in [5.41, 5.74) is 0.459. The lowest BCUT2D eigenvalue weighted by molar-refractivity contribution is -0.113. The van der Waals surface area contributed by atoms with Gasteiger partial charge in [0, 0.05) is 16.1 Å². The van der Waals surface area contributed by atoms with Crippen molar-refractivity contribution < 1.29 is 13.6 Å². The van der Waals surface area contributed by atoms with Crippen LogP contribution in [0.3, 0.4) is 0 Å². The van der Waals surface area contributed by atoms with Gasteiger partial charge in [0.1, 0.15) is 0 Å². The Bertz CT molecular complexity index is 844. The summed E-state index contributed by atoms with van der Waals surface area (Å²) in [6, 6.07) is 19.6. The van der Waals surface area contributed by atoms with Gasteiger partial charge < -0.3 is 5.32 Å². The van der Waals surface area contributed by atoms with Crippen LogP contribution in [0.25, 0.3) is 10.8 Å². The molecule has 0 heterocycles. The molecule has 3 rings (SSSR count). The molecule has 0 fully saturated rings. The van der Waals surface area contributed by atoms with Crippen molar-refractivity contribution in [3.63, 3.8) is 0 Å². The van der Waals surface area contributed by atoms with Crippen LogP contribution in [-0.4, -0.2) is 11.7 Å². The van der Waals surface area contributed by atoms with Gasteiger partial charge in [0.15, 0.2) is 0 Å². The van der Waals surface area contributed by atoms with Crippen LogP contribution in [0.5, 0.6) is 0 Å². The van der Waals surface area contributed by atoms with E-state index in [9.17, 15) is 13.6 Å². The maximum absolute atomic E-state index is 12.5. The van der Waals surface area contributed by atoms with E-state index < -0.39 is 6.43 Å². The Balaban J connectivity index is 1.63. The van der Waals surface area contributed by atoms with Gasteiger partial charge in [-0.25, -0.2) is 8.78 Å². The van der Waals surface area contributed by atoms with Crippen LogP contribution in [0.1, 0.15) is 12.0 Å². The molecule has 0 saturated heterocycles. The average molecular weight is 343 g/mol. The van der Waals surface area contributed by atoms with Crippen molar-refractivity contribution in [2.45, 2.75) is 11.3 Å². The van der Waals surface area contributed by atoms with Gasteiger partial charge in [0.05, 0.1) is 5.75 Å². The predicted octanol–water partition coefficient (Wildman–Crippen LogP) is 5.51. The Morgan fingerprint density at radius 3 is 2.42 bits per heavy atom. The first-order chi connectivity index (χ1) is 11.6. The Kier molecular flexibility index (Phi) is 5.11. The molecule has 2 nitrogen and oxygen atoms in total. The minimum absolute atomic E-state index is 0.0573. The fourth-order valence-electron chi connectivity index (χ4n) is 2.37. The number of anilines is 1. The number of thioether (sulfide) groups is 1. The van der Waals surface area contributed by atoms with Gasteiger partial charge in [-0.3, -0.25) is 4.79 Å². The SMILES string of the molecule is O=C(CSc1cccc2ccccc12)Nc1ccc(C(F)F)cc1. The highest BCUT2D eigenvalue weighted by atomic mass is 32.2. The van der Waals surface area contributed by atoms with E-state index in [1.54, 1.807) is 0 Å². The largest absolute Gasteiger partial charge is 0.325 e. The van der Waals surface area contributed by atoms with Crippen molar-refractivity contribution in [1.29, 1.82) is 0 Å². The van der Waals surface area contributed by atoms with Gasteiger partial charge in [-0.05, 0) is 29.0 Å². The van der Waals surface area contributed by atoms with Crippen molar-refractivity contribution in [2.75, 3.05) is 11.1 Å².